The van der Waals surface area contributed by atoms with Crippen LogP contribution in [0, 0.1) is 5.92 Å². The topological polar surface area (TPSA) is 49.3 Å². The largest absolute Gasteiger partial charge is 0.387 e. The molecule has 0 saturated heterocycles. The van der Waals surface area contributed by atoms with Gasteiger partial charge in [-0.2, -0.15) is 0 Å². The van der Waals surface area contributed by atoms with Gasteiger partial charge in [0, 0.05) is 17.5 Å². The number of hydrogen-bond acceptors (Lipinski definition) is 2. The number of carbonyl (C=O) groups excluding carboxylic acids is 1. The minimum absolute atomic E-state index is 0.00920. The maximum Gasteiger partial charge on any atom is 0.223 e. The number of amides is 1. The third kappa shape index (κ3) is 3.49. The fourth-order valence-corrected chi connectivity index (χ4v) is 2.91. The van der Waals surface area contributed by atoms with Gasteiger partial charge in [0.1, 0.15) is 0 Å². The SMILES string of the molecule is O=C(NC[C@@H](O)c1cccc(Cl)c1)[C@H]1C[C@@H]1c1ccccc1. The van der Waals surface area contributed by atoms with Crippen molar-refractivity contribution in [1.82, 2.24) is 5.32 Å². The lowest BCUT2D eigenvalue weighted by Crippen LogP contribution is -2.30. The van der Waals surface area contributed by atoms with Crippen LogP contribution in [0.1, 0.15) is 29.6 Å². The predicted molar refractivity (Wildman–Crippen MR) is 86.7 cm³/mol. The fraction of sp³-hybridized carbons (Fsp3) is 0.278. The van der Waals surface area contributed by atoms with E-state index in [1.54, 1.807) is 24.3 Å². The van der Waals surface area contributed by atoms with Gasteiger partial charge in [0.25, 0.3) is 0 Å². The lowest BCUT2D eigenvalue weighted by molar-refractivity contribution is -0.122. The molecule has 3 rings (SSSR count). The maximum absolute atomic E-state index is 12.1. The first kappa shape index (κ1) is 15.1. The Balaban J connectivity index is 1.51. The number of rotatable bonds is 5. The fourth-order valence-electron chi connectivity index (χ4n) is 2.71. The van der Waals surface area contributed by atoms with E-state index in [1.165, 1.54) is 5.56 Å². The summed E-state index contributed by atoms with van der Waals surface area (Å²) in [5.74, 6) is 0.341. The minimum Gasteiger partial charge on any atom is -0.387 e. The Bertz CT molecular complexity index is 659. The van der Waals surface area contributed by atoms with E-state index < -0.39 is 6.10 Å². The Morgan fingerprint density at radius 3 is 2.73 bits per heavy atom. The van der Waals surface area contributed by atoms with E-state index in [9.17, 15) is 9.90 Å². The van der Waals surface area contributed by atoms with Gasteiger partial charge in [0.15, 0.2) is 0 Å². The van der Waals surface area contributed by atoms with Crippen molar-refractivity contribution >= 4 is 17.5 Å². The number of benzene rings is 2. The minimum atomic E-state index is -0.739. The summed E-state index contributed by atoms with van der Waals surface area (Å²) >= 11 is 5.90. The molecule has 3 atom stereocenters. The van der Waals surface area contributed by atoms with Gasteiger partial charge < -0.3 is 10.4 Å². The number of halogens is 1. The summed E-state index contributed by atoms with van der Waals surface area (Å²) in [6, 6.07) is 17.1. The normalized spacial score (nSPS) is 21.2. The molecule has 0 aliphatic heterocycles. The average molecular weight is 316 g/mol. The van der Waals surface area contributed by atoms with Crippen LogP contribution >= 0.6 is 11.6 Å². The highest BCUT2D eigenvalue weighted by molar-refractivity contribution is 6.30. The molecule has 3 nitrogen and oxygen atoms in total. The lowest BCUT2D eigenvalue weighted by atomic mass is 10.1. The van der Waals surface area contributed by atoms with Crippen molar-refractivity contribution in [1.29, 1.82) is 0 Å². The zero-order valence-electron chi connectivity index (χ0n) is 12.1. The van der Waals surface area contributed by atoms with Crippen molar-refractivity contribution < 1.29 is 9.90 Å². The van der Waals surface area contributed by atoms with Gasteiger partial charge in [0.2, 0.25) is 5.91 Å². The van der Waals surface area contributed by atoms with Crippen LogP contribution in [0.3, 0.4) is 0 Å². The molecule has 1 amide bonds. The van der Waals surface area contributed by atoms with Crippen LogP contribution in [0.15, 0.2) is 54.6 Å². The lowest BCUT2D eigenvalue weighted by Gasteiger charge is -2.12. The van der Waals surface area contributed by atoms with Crippen molar-refractivity contribution in [2.75, 3.05) is 6.54 Å². The summed E-state index contributed by atoms with van der Waals surface area (Å²) in [6.45, 7) is 0.206. The Morgan fingerprint density at radius 1 is 1.23 bits per heavy atom. The van der Waals surface area contributed by atoms with Crippen molar-refractivity contribution in [3.8, 4) is 0 Å². The summed E-state index contributed by atoms with van der Waals surface area (Å²) in [5.41, 5.74) is 1.92. The average Bonchev–Trinajstić information content (AvgIpc) is 3.34. The van der Waals surface area contributed by atoms with E-state index in [2.05, 4.69) is 17.4 Å². The number of aliphatic hydroxyl groups is 1. The van der Waals surface area contributed by atoms with Crippen molar-refractivity contribution in [2.45, 2.75) is 18.4 Å². The molecule has 0 heterocycles. The van der Waals surface area contributed by atoms with Gasteiger partial charge in [-0.25, -0.2) is 0 Å². The first-order valence-electron chi connectivity index (χ1n) is 7.41. The Labute approximate surface area is 134 Å². The molecular formula is C18H18ClNO2. The van der Waals surface area contributed by atoms with Crippen molar-refractivity contribution in [2.24, 2.45) is 5.92 Å². The first-order chi connectivity index (χ1) is 10.6. The molecule has 0 unspecified atom stereocenters. The van der Waals surface area contributed by atoms with E-state index in [0.717, 1.165) is 6.42 Å². The molecule has 2 N–H and O–H groups in total. The van der Waals surface area contributed by atoms with Gasteiger partial charge in [-0.3, -0.25) is 4.79 Å². The van der Waals surface area contributed by atoms with Crippen molar-refractivity contribution in [3.05, 3.63) is 70.7 Å². The van der Waals surface area contributed by atoms with Crippen LogP contribution in [-0.4, -0.2) is 17.6 Å². The third-order valence-electron chi connectivity index (χ3n) is 4.06. The molecular weight excluding hydrogens is 298 g/mol. The molecule has 22 heavy (non-hydrogen) atoms. The molecule has 0 spiro atoms. The predicted octanol–water partition coefficient (Wildman–Crippen LogP) is 3.29. The number of aliphatic hydroxyl groups excluding tert-OH is 1. The second-order valence-corrected chi connectivity index (χ2v) is 6.11. The monoisotopic (exact) mass is 315 g/mol. The maximum atomic E-state index is 12.1. The molecule has 1 aliphatic carbocycles. The van der Waals surface area contributed by atoms with E-state index in [0.29, 0.717) is 16.5 Å². The molecule has 1 aliphatic rings. The van der Waals surface area contributed by atoms with Crippen LogP contribution in [0.25, 0.3) is 0 Å². The standard InChI is InChI=1S/C18H18ClNO2/c19-14-8-4-7-13(9-14)17(21)11-20-18(22)16-10-15(16)12-5-2-1-3-6-12/h1-9,15-17,21H,10-11H2,(H,20,22)/t15-,16+,17-/m1/s1. The molecule has 0 radical (unpaired) electrons. The Hall–Kier alpha value is -1.84. The summed E-state index contributed by atoms with van der Waals surface area (Å²) in [6.07, 6.45) is 0.139. The summed E-state index contributed by atoms with van der Waals surface area (Å²) in [7, 11) is 0. The number of hydrogen-bond donors (Lipinski definition) is 2. The van der Waals surface area contributed by atoms with Crippen LogP contribution < -0.4 is 5.32 Å². The van der Waals surface area contributed by atoms with Gasteiger partial charge >= 0.3 is 0 Å². The third-order valence-corrected chi connectivity index (χ3v) is 4.29. The molecule has 114 valence electrons. The van der Waals surface area contributed by atoms with Gasteiger partial charge in [-0.05, 0) is 35.6 Å². The molecule has 1 saturated carbocycles. The van der Waals surface area contributed by atoms with E-state index in [1.807, 2.05) is 18.2 Å². The van der Waals surface area contributed by atoms with Crippen LogP contribution in [0.5, 0.6) is 0 Å². The smallest absolute Gasteiger partial charge is 0.223 e. The van der Waals surface area contributed by atoms with E-state index in [-0.39, 0.29) is 18.4 Å². The highest BCUT2D eigenvalue weighted by atomic mass is 35.5. The quantitative estimate of drug-likeness (QED) is 0.889. The molecule has 4 heteroatoms. The second-order valence-electron chi connectivity index (χ2n) is 5.68. The van der Waals surface area contributed by atoms with Crippen LogP contribution in [0.2, 0.25) is 5.02 Å². The molecule has 0 aromatic heterocycles. The molecule has 2 aromatic rings. The molecule has 2 aromatic carbocycles. The Morgan fingerprint density at radius 2 is 2.00 bits per heavy atom. The highest BCUT2D eigenvalue weighted by Gasteiger charge is 2.43. The van der Waals surface area contributed by atoms with E-state index in [4.69, 9.17) is 11.6 Å². The molecule has 1 fully saturated rings. The van der Waals surface area contributed by atoms with Gasteiger partial charge in [-0.15, -0.1) is 0 Å². The summed E-state index contributed by atoms with van der Waals surface area (Å²) < 4.78 is 0. The van der Waals surface area contributed by atoms with Crippen LogP contribution in [-0.2, 0) is 4.79 Å². The zero-order valence-corrected chi connectivity index (χ0v) is 12.8. The number of carbonyl (C=O) groups is 1. The summed E-state index contributed by atoms with van der Waals surface area (Å²) in [5, 5.41) is 13.5. The van der Waals surface area contributed by atoms with Gasteiger partial charge in [0.05, 0.1) is 6.10 Å². The Kier molecular flexibility index (Phi) is 4.46. The summed E-state index contributed by atoms with van der Waals surface area (Å²) in [4.78, 5) is 12.1. The first-order valence-corrected chi connectivity index (χ1v) is 7.79. The van der Waals surface area contributed by atoms with E-state index >= 15 is 0 Å². The number of nitrogens with one attached hydrogen (secondary N) is 1. The van der Waals surface area contributed by atoms with Crippen molar-refractivity contribution in [3.63, 3.8) is 0 Å². The molecule has 0 bridgehead atoms. The highest BCUT2D eigenvalue weighted by Crippen LogP contribution is 2.47. The van der Waals surface area contributed by atoms with Gasteiger partial charge in [-0.1, -0.05) is 54.1 Å². The van der Waals surface area contributed by atoms with Crippen LogP contribution in [0.4, 0.5) is 0 Å². The zero-order chi connectivity index (χ0) is 15.5. The second kappa shape index (κ2) is 6.51.